The lowest BCUT2D eigenvalue weighted by molar-refractivity contribution is -0.128. The Bertz CT molecular complexity index is 928. The molecule has 7 heteroatoms. The van der Waals surface area contributed by atoms with Gasteiger partial charge in [-0.2, -0.15) is 0 Å². The van der Waals surface area contributed by atoms with Crippen LogP contribution in [0.5, 0.6) is 0 Å². The second-order valence-corrected chi connectivity index (χ2v) is 8.10. The van der Waals surface area contributed by atoms with Gasteiger partial charge in [0.1, 0.15) is 0 Å². The first-order valence-corrected chi connectivity index (χ1v) is 10.6. The number of nitrogens with one attached hydrogen (secondary N) is 3. The fourth-order valence-corrected chi connectivity index (χ4v) is 3.94. The monoisotopic (exact) mass is 422 g/mol. The van der Waals surface area contributed by atoms with Crippen LogP contribution in [0.15, 0.2) is 42.5 Å². The van der Waals surface area contributed by atoms with Gasteiger partial charge >= 0.3 is 6.03 Å². The average Bonchev–Trinajstić information content (AvgIpc) is 2.75. The molecule has 0 bridgehead atoms. The van der Waals surface area contributed by atoms with Gasteiger partial charge in [0.05, 0.1) is 6.54 Å². The molecule has 1 aliphatic rings. The predicted octanol–water partition coefficient (Wildman–Crippen LogP) is 3.61. The van der Waals surface area contributed by atoms with E-state index in [4.69, 9.17) is 0 Å². The van der Waals surface area contributed by atoms with Crippen molar-refractivity contribution in [2.75, 3.05) is 30.3 Å². The molecule has 1 heterocycles. The SMILES string of the molecule is Cc1cc(C)c(NC(=O)CNC(=O)C2CCN(C(=O)Nc3ccccc3)CC2)c(C)c1. The minimum atomic E-state index is -0.247. The molecule has 3 N–H and O–H groups in total. The van der Waals surface area contributed by atoms with Crippen molar-refractivity contribution in [1.29, 1.82) is 0 Å². The molecule has 0 atom stereocenters. The Morgan fingerprint density at radius 2 is 1.55 bits per heavy atom. The Kier molecular flexibility index (Phi) is 7.28. The number of urea groups is 1. The van der Waals surface area contributed by atoms with Gasteiger partial charge in [-0.25, -0.2) is 4.79 Å². The molecule has 31 heavy (non-hydrogen) atoms. The van der Waals surface area contributed by atoms with Gasteiger partial charge in [-0.15, -0.1) is 0 Å². The molecule has 2 aromatic carbocycles. The molecule has 3 rings (SSSR count). The Hall–Kier alpha value is -3.35. The van der Waals surface area contributed by atoms with E-state index in [0.717, 1.165) is 28.1 Å². The van der Waals surface area contributed by atoms with E-state index in [-0.39, 0.29) is 30.3 Å². The second-order valence-electron chi connectivity index (χ2n) is 8.10. The number of piperidine rings is 1. The number of carbonyl (C=O) groups excluding carboxylic acids is 3. The van der Waals surface area contributed by atoms with Crippen molar-refractivity contribution in [3.63, 3.8) is 0 Å². The zero-order chi connectivity index (χ0) is 22.4. The molecule has 0 radical (unpaired) electrons. The van der Waals surface area contributed by atoms with Crippen LogP contribution in [-0.2, 0) is 9.59 Å². The van der Waals surface area contributed by atoms with E-state index in [1.165, 1.54) is 0 Å². The quantitative estimate of drug-likeness (QED) is 0.687. The fourth-order valence-electron chi connectivity index (χ4n) is 3.94. The van der Waals surface area contributed by atoms with Crippen LogP contribution in [0.3, 0.4) is 0 Å². The summed E-state index contributed by atoms with van der Waals surface area (Å²) in [5, 5.41) is 8.50. The zero-order valence-corrected chi connectivity index (χ0v) is 18.3. The minimum Gasteiger partial charge on any atom is -0.347 e. The topological polar surface area (TPSA) is 90.5 Å². The summed E-state index contributed by atoms with van der Waals surface area (Å²) in [6.45, 7) is 6.87. The lowest BCUT2D eigenvalue weighted by Crippen LogP contribution is -2.45. The Morgan fingerprint density at radius 1 is 0.935 bits per heavy atom. The molecule has 0 aliphatic carbocycles. The molecule has 164 valence electrons. The van der Waals surface area contributed by atoms with Crippen LogP contribution in [0, 0.1) is 26.7 Å². The third-order valence-electron chi connectivity index (χ3n) is 5.54. The number of hydrogen-bond acceptors (Lipinski definition) is 3. The highest BCUT2D eigenvalue weighted by molar-refractivity contribution is 5.96. The number of aryl methyl sites for hydroxylation is 3. The molecule has 0 spiro atoms. The number of carbonyl (C=O) groups is 3. The van der Waals surface area contributed by atoms with E-state index >= 15 is 0 Å². The van der Waals surface area contributed by atoms with E-state index in [1.54, 1.807) is 4.90 Å². The summed E-state index contributed by atoms with van der Waals surface area (Å²) in [4.78, 5) is 38.9. The van der Waals surface area contributed by atoms with Crippen molar-refractivity contribution in [2.45, 2.75) is 33.6 Å². The fraction of sp³-hybridized carbons (Fsp3) is 0.375. The standard InChI is InChI=1S/C24H30N4O3/c1-16-13-17(2)22(18(3)14-16)27-21(29)15-25-23(30)19-9-11-28(12-10-19)24(31)26-20-7-5-4-6-8-20/h4-8,13-14,19H,9-12,15H2,1-3H3,(H,25,30)(H,26,31)(H,27,29). The summed E-state index contributed by atoms with van der Waals surface area (Å²) >= 11 is 0. The van der Waals surface area contributed by atoms with Crippen LogP contribution in [-0.4, -0.2) is 42.4 Å². The molecule has 1 saturated heterocycles. The third-order valence-corrected chi connectivity index (χ3v) is 5.54. The van der Waals surface area contributed by atoms with Crippen LogP contribution in [0.4, 0.5) is 16.2 Å². The maximum absolute atomic E-state index is 12.5. The van der Waals surface area contributed by atoms with E-state index in [1.807, 2.05) is 63.2 Å². The Balaban J connectivity index is 1.43. The molecule has 7 nitrogen and oxygen atoms in total. The van der Waals surface area contributed by atoms with E-state index < -0.39 is 0 Å². The number of likely N-dealkylation sites (tertiary alicyclic amines) is 1. The molecule has 0 saturated carbocycles. The number of benzene rings is 2. The van der Waals surface area contributed by atoms with Crippen LogP contribution in [0.2, 0.25) is 0 Å². The number of para-hydroxylation sites is 1. The van der Waals surface area contributed by atoms with Crippen molar-refractivity contribution < 1.29 is 14.4 Å². The average molecular weight is 423 g/mol. The Labute approximate surface area is 183 Å². The highest BCUT2D eigenvalue weighted by atomic mass is 16.2. The zero-order valence-electron chi connectivity index (χ0n) is 18.3. The summed E-state index contributed by atoms with van der Waals surface area (Å²) in [5.41, 5.74) is 4.68. The van der Waals surface area contributed by atoms with Crippen molar-refractivity contribution >= 4 is 29.2 Å². The molecular formula is C24H30N4O3. The van der Waals surface area contributed by atoms with Gasteiger partial charge in [-0.1, -0.05) is 35.9 Å². The van der Waals surface area contributed by atoms with E-state index in [2.05, 4.69) is 16.0 Å². The summed E-state index contributed by atoms with van der Waals surface area (Å²) in [7, 11) is 0. The number of amides is 4. The first-order valence-electron chi connectivity index (χ1n) is 10.6. The molecule has 0 aromatic heterocycles. The van der Waals surface area contributed by atoms with Gasteiger partial charge in [-0.05, 0) is 56.9 Å². The van der Waals surface area contributed by atoms with Gasteiger partial charge in [0.2, 0.25) is 11.8 Å². The molecule has 0 unspecified atom stereocenters. The van der Waals surface area contributed by atoms with Gasteiger partial charge in [0.25, 0.3) is 0 Å². The summed E-state index contributed by atoms with van der Waals surface area (Å²) < 4.78 is 0. The largest absolute Gasteiger partial charge is 0.347 e. The molecule has 1 fully saturated rings. The highest BCUT2D eigenvalue weighted by Crippen LogP contribution is 2.22. The van der Waals surface area contributed by atoms with E-state index in [0.29, 0.717) is 25.9 Å². The molecule has 2 aromatic rings. The van der Waals surface area contributed by atoms with Crippen LogP contribution < -0.4 is 16.0 Å². The summed E-state index contributed by atoms with van der Waals surface area (Å²) in [6, 6.07) is 13.2. The second kappa shape index (κ2) is 10.1. The first kappa shape index (κ1) is 22.3. The third kappa shape index (κ3) is 6.07. The van der Waals surface area contributed by atoms with Crippen LogP contribution in [0.25, 0.3) is 0 Å². The number of anilines is 2. The number of hydrogen-bond donors (Lipinski definition) is 3. The van der Waals surface area contributed by atoms with Crippen LogP contribution in [0.1, 0.15) is 29.5 Å². The predicted molar refractivity (Wildman–Crippen MR) is 122 cm³/mol. The van der Waals surface area contributed by atoms with Crippen molar-refractivity contribution in [3.8, 4) is 0 Å². The molecular weight excluding hydrogens is 392 g/mol. The lowest BCUT2D eigenvalue weighted by Gasteiger charge is -2.31. The molecule has 1 aliphatic heterocycles. The van der Waals surface area contributed by atoms with Crippen molar-refractivity contribution in [1.82, 2.24) is 10.2 Å². The first-order chi connectivity index (χ1) is 14.8. The van der Waals surface area contributed by atoms with Crippen molar-refractivity contribution in [2.24, 2.45) is 5.92 Å². The maximum atomic E-state index is 12.5. The van der Waals surface area contributed by atoms with Crippen molar-refractivity contribution in [3.05, 3.63) is 59.2 Å². The number of rotatable bonds is 5. The van der Waals surface area contributed by atoms with E-state index in [9.17, 15) is 14.4 Å². The van der Waals surface area contributed by atoms with Gasteiger partial charge < -0.3 is 20.9 Å². The minimum absolute atomic E-state index is 0.0691. The van der Waals surface area contributed by atoms with Crippen LogP contribution >= 0.6 is 0 Å². The van der Waals surface area contributed by atoms with Gasteiger partial charge in [0.15, 0.2) is 0 Å². The Morgan fingerprint density at radius 3 is 2.16 bits per heavy atom. The number of nitrogens with zero attached hydrogens (tertiary/aromatic N) is 1. The van der Waals surface area contributed by atoms with Gasteiger partial charge in [-0.3, -0.25) is 9.59 Å². The lowest BCUT2D eigenvalue weighted by atomic mass is 9.96. The summed E-state index contributed by atoms with van der Waals surface area (Å²) in [5.74, 6) is -0.588. The maximum Gasteiger partial charge on any atom is 0.321 e. The van der Waals surface area contributed by atoms with Gasteiger partial charge in [0, 0.05) is 30.4 Å². The smallest absolute Gasteiger partial charge is 0.321 e. The normalized spacial score (nSPS) is 14.1. The molecule has 4 amide bonds. The summed E-state index contributed by atoms with van der Waals surface area (Å²) in [6.07, 6.45) is 1.15. The highest BCUT2D eigenvalue weighted by Gasteiger charge is 2.27.